The average Bonchev–Trinajstić information content (AvgIpc) is 2.00. The lowest BCUT2D eigenvalue weighted by atomic mass is 10.0. The second kappa shape index (κ2) is 6.67. The maximum absolute atomic E-state index is 8.28. The molecule has 12 heavy (non-hydrogen) atoms. The van der Waals surface area contributed by atoms with Gasteiger partial charge in [-0.1, -0.05) is 24.6 Å². The normalized spacial score (nSPS) is 12.5. The number of nitriles is 1. The van der Waals surface area contributed by atoms with Crippen LogP contribution in [0, 0.1) is 17.2 Å². The van der Waals surface area contributed by atoms with Gasteiger partial charge in [0.2, 0.25) is 0 Å². The molecule has 0 bridgehead atoms. The van der Waals surface area contributed by atoms with E-state index in [1.54, 1.807) is 6.08 Å². The fourth-order valence-corrected chi connectivity index (χ4v) is 0.938. The maximum Gasteiger partial charge on any atom is 0.0908 e. The van der Waals surface area contributed by atoms with Crippen molar-refractivity contribution in [3.63, 3.8) is 0 Å². The van der Waals surface area contributed by atoms with Crippen LogP contribution in [0.15, 0.2) is 23.8 Å². The Morgan fingerprint density at radius 1 is 1.50 bits per heavy atom. The van der Waals surface area contributed by atoms with E-state index in [4.69, 9.17) is 5.26 Å². The lowest BCUT2D eigenvalue weighted by Crippen LogP contribution is -1.87. The minimum atomic E-state index is 0.514. The topological polar surface area (TPSA) is 23.8 Å². The lowest BCUT2D eigenvalue weighted by Gasteiger charge is -2.01. The molecule has 0 aromatic heterocycles. The summed E-state index contributed by atoms with van der Waals surface area (Å²) in [6, 6.07) is 2.00. The van der Waals surface area contributed by atoms with Gasteiger partial charge in [-0.3, -0.25) is 0 Å². The zero-order valence-corrected chi connectivity index (χ0v) is 8.17. The number of hydrogen-bond acceptors (Lipinski definition) is 1. The molecule has 1 heteroatoms. The minimum absolute atomic E-state index is 0.514. The van der Waals surface area contributed by atoms with E-state index in [2.05, 4.69) is 26.8 Å². The molecule has 0 amide bonds. The van der Waals surface area contributed by atoms with Gasteiger partial charge in [0.05, 0.1) is 6.07 Å². The lowest BCUT2D eigenvalue weighted by molar-refractivity contribution is 0.656. The molecule has 0 fully saturated rings. The van der Waals surface area contributed by atoms with Crippen molar-refractivity contribution in [2.75, 3.05) is 0 Å². The highest BCUT2D eigenvalue weighted by Gasteiger charge is 1.93. The van der Waals surface area contributed by atoms with Gasteiger partial charge in [-0.25, -0.2) is 0 Å². The van der Waals surface area contributed by atoms with Crippen molar-refractivity contribution < 1.29 is 0 Å². The van der Waals surface area contributed by atoms with Crippen molar-refractivity contribution in [3.05, 3.63) is 23.8 Å². The largest absolute Gasteiger partial charge is 0.193 e. The van der Waals surface area contributed by atoms with Crippen LogP contribution < -0.4 is 0 Å². The van der Waals surface area contributed by atoms with E-state index >= 15 is 0 Å². The van der Waals surface area contributed by atoms with Crippen LogP contribution in [-0.4, -0.2) is 0 Å². The first-order valence-corrected chi connectivity index (χ1v) is 4.36. The van der Waals surface area contributed by atoms with E-state index in [0.717, 1.165) is 12.8 Å². The summed E-state index contributed by atoms with van der Waals surface area (Å²) in [7, 11) is 0. The summed E-state index contributed by atoms with van der Waals surface area (Å²) in [5, 5.41) is 8.28. The van der Waals surface area contributed by atoms with E-state index in [-0.39, 0.29) is 0 Å². The molecule has 0 aliphatic carbocycles. The summed E-state index contributed by atoms with van der Waals surface area (Å²) in [5.74, 6) is 0.514. The van der Waals surface area contributed by atoms with Crippen LogP contribution in [0.2, 0.25) is 0 Å². The van der Waals surface area contributed by atoms with Crippen LogP contribution in [0.25, 0.3) is 0 Å². The third-order valence-corrected chi connectivity index (χ3v) is 1.67. The van der Waals surface area contributed by atoms with Gasteiger partial charge in [-0.15, -0.1) is 0 Å². The molecule has 0 aromatic rings. The maximum atomic E-state index is 8.28. The predicted octanol–water partition coefficient (Wildman–Crippen LogP) is 3.45. The first kappa shape index (κ1) is 11.0. The van der Waals surface area contributed by atoms with Gasteiger partial charge in [-0.05, 0) is 32.6 Å². The van der Waals surface area contributed by atoms with Gasteiger partial charge in [0.15, 0.2) is 0 Å². The molecule has 1 atom stereocenters. The van der Waals surface area contributed by atoms with Crippen LogP contribution in [-0.2, 0) is 0 Å². The van der Waals surface area contributed by atoms with E-state index in [1.807, 2.05) is 12.1 Å². The molecular formula is C11H17N. The average molecular weight is 163 g/mol. The molecule has 0 aromatic carbocycles. The summed E-state index contributed by atoms with van der Waals surface area (Å²) in [6.45, 7) is 6.35. The van der Waals surface area contributed by atoms with Crippen molar-refractivity contribution in [1.82, 2.24) is 0 Å². The molecule has 0 aliphatic heterocycles. The zero-order chi connectivity index (χ0) is 9.40. The highest BCUT2D eigenvalue weighted by molar-refractivity contribution is 5.03. The highest BCUT2D eigenvalue weighted by Crippen LogP contribution is 2.08. The fraction of sp³-hybridized carbons (Fsp3) is 0.545. The van der Waals surface area contributed by atoms with Gasteiger partial charge in [-0.2, -0.15) is 5.26 Å². The molecule has 1 unspecified atom stereocenters. The van der Waals surface area contributed by atoms with E-state index < -0.39 is 0 Å². The van der Waals surface area contributed by atoms with E-state index in [9.17, 15) is 0 Å². The molecule has 0 radical (unpaired) electrons. The van der Waals surface area contributed by atoms with Gasteiger partial charge < -0.3 is 0 Å². The smallest absolute Gasteiger partial charge is 0.0908 e. The summed E-state index contributed by atoms with van der Waals surface area (Å²) in [6.07, 6.45) is 7.99. The molecule has 0 spiro atoms. The number of rotatable bonds is 4. The van der Waals surface area contributed by atoms with Crippen molar-refractivity contribution in [3.8, 4) is 6.07 Å². The van der Waals surface area contributed by atoms with Crippen LogP contribution in [0.3, 0.4) is 0 Å². The number of allylic oxidation sites excluding steroid dienone is 4. The Labute approximate surface area is 75.4 Å². The van der Waals surface area contributed by atoms with Crippen LogP contribution in [0.5, 0.6) is 0 Å². The zero-order valence-electron chi connectivity index (χ0n) is 8.17. The van der Waals surface area contributed by atoms with Crippen molar-refractivity contribution >= 4 is 0 Å². The van der Waals surface area contributed by atoms with Gasteiger partial charge in [0.1, 0.15) is 0 Å². The predicted molar refractivity (Wildman–Crippen MR) is 52.6 cm³/mol. The Kier molecular flexibility index (Phi) is 6.09. The molecule has 0 heterocycles. The molecule has 66 valence electrons. The Hall–Kier alpha value is -1.03. The summed E-state index contributed by atoms with van der Waals surface area (Å²) < 4.78 is 0. The molecule has 0 saturated heterocycles. The summed E-state index contributed by atoms with van der Waals surface area (Å²) in [5.41, 5.74) is 1.37. The third-order valence-electron chi connectivity index (χ3n) is 1.67. The van der Waals surface area contributed by atoms with Crippen LogP contribution in [0.1, 0.15) is 33.6 Å². The second-order valence-electron chi connectivity index (χ2n) is 3.32. The van der Waals surface area contributed by atoms with E-state index in [1.165, 1.54) is 5.57 Å². The van der Waals surface area contributed by atoms with Gasteiger partial charge >= 0.3 is 0 Å². The molecule has 0 rings (SSSR count). The van der Waals surface area contributed by atoms with E-state index in [0.29, 0.717) is 5.92 Å². The van der Waals surface area contributed by atoms with Crippen molar-refractivity contribution in [2.45, 2.75) is 33.6 Å². The highest BCUT2D eigenvalue weighted by atomic mass is 14.2. The Morgan fingerprint density at radius 2 is 2.17 bits per heavy atom. The van der Waals surface area contributed by atoms with Crippen molar-refractivity contribution in [2.24, 2.45) is 5.92 Å². The van der Waals surface area contributed by atoms with Gasteiger partial charge in [0, 0.05) is 6.08 Å². The standard InChI is InChI=1S/C11H17N/c1-10(2)6-4-7-11(3)8-5-9-12/h5-6,8,11H,4,7H2,1-3H3/b8-5+. The second-order valence-corrected chi connectivity index (χ2v) is 3.32. The molecule has 0 aliphatic rings. The van der Waals surface area contributed by atoms with Crippen LogP contribution >= 0.6 is 0 Å². The first-order valence-electron chi connectivity index (χ1n) is 4.36. The van der Waals surface area contributed by atoms with Crippen molar-refractivity contribution in [1.29, 1.82) is 5.26 Å². The SMILES string of the molecule is CC(C)=CCCC(C)/C=C/C#N. The Morgan fingerprint density at radius 3 is 2.67 bits per heavy atom. The number of hydrogen-bond donors (Lipinski definition) is 0. The first-order chi connectivity index (χ1) is 5.66. The molecule has 0 saturated carbocycles. The minimum Gasteiger partial charge on any atom is -0.193 e. The molecule has 1 nitrogen and oxygen atoms in total. The Bertz CT molecular complexity index is 202. The fourth-order valence-electron chi connectivity index (χ4n) is 0.938. The summed E-state index contributed by atoms with van der Waals surface area (Å²) >= 11 is 0. The third kappa shape index (κ3) is 7.08. The molecule has 0 N–H and O–H groups in total. The van der Waals surface area contributed by atoms with Crippen LogP contribution in [0.4, 0.5) is 0 Å². The van der Waals surface area contributed by atoms with Gasteiger partial charge in [0.25, 0.3) is 0 Å². The molecular weight excluding hydrogens is 146 g/mol. The Balaban J connectivity index is 3.59. The quantitative estimate of drug-likeness (QED) is 0.460. The number of nitrogens with zero attached hydrogens (tertiary/aromatic N) is 1. The monoisotopic (exact) mass is 163 g/mol. The summed E-state index contributed by atoms with van der Waals surface area (Å²) in [4.78, 5) is 0.